The number of likely N-dealkylation sites (N-methyl/N-ethyl adjacent to an activating group) is 1. The molecule has 2 unspecified atom stereocenters. The van der Waals surface area contributed by atoms with Crippen molar-refractivity contribution in [1.29, 1.82) is 5.26 Å². The molecule has 13 nitrogen and oxygen atoms in total. The number of pyridine rings is 1. The van der Waals surface area contributed by atoms with E-state index in [1.807, 2.05) is 16.7 Å². The maximum Gasteiger partial charge on any atom is 0.319 e. The SMILES string of the molecule is CCN1CCN(CCOc2nc(N3C4CCC3CN(C[C@@H](C)O)C4)c3c4c(c(-c5ncc(F)c6sc(N)c(C#N)c56)c(F)c3n2)COC4)CC1=O. The van der Waals surface area contributed by atoms with E-state index >= 15 is 8.78 Å². The van der Waals surface area contributed by atoms with Crippen LogP contribution in [0.3, 0.4) is 0 Å². The van der Waals surface area contributed by atoms with Crippen LogP contribution in [0.5, 0.6) is 6.01 Å². The first-order valence-electron chi connectivity index (χ1n) is 17.4. The third-order valence-corrected chi connectivity index (χ3v) is 11.6. The molecular weight excluding hydrogens is 681 g/mol. The number of anilines is 2. The van der Waals surface area contributed by atoms with E-state index in [1.165, 1.54) is 0 Å². The molecule has 4 aliphatic rings. The fourth-order valence-corrected chi connectivity index (χ4v) is 9.21. The molecule has 2 bridgehead atoms. The van der Waals surface area contributed by atoms with Gasteiger partial charge in [-0.25, -0.2) is 8.78 Å². The molecule has 4 aromatic rings. The third-order valence-electron chi connectivity index (χ3n) is 10.5. The molecule has 3 aromatic heterocycles. The molecule has 16 heteroatoms. The van der Waals surface area contributed by atoms with Crippen molar-refractivity contribution in [3.05, 3.63) is 34.5 Å². The van der Waals surface area contributed by atoms with Crippen molar-refractivity contribution in [3.8, 4) is 23.3 Å². The number of rotatable bonds is 9. The van der Waals surface area contributed by atoms with E-state index in [2.05, 4.69) is 25.8 Å². The van der Waals surface area contributed by atoms with Crippen molar-refractivity contribution in [2.45, 2.75) is 58.1 Å². The van der Waals surface area contributed by atoms with Crippen molar-refractivity contribution < 1.29 is 28.2 Å². The van der Waals surface area contributed by atoms with Gasteiger partial charge in [0.2, 0.25) is 5.91 Å². The summed E-state index contributed by atoms with van der Waals surface area (Å²) in [5.74, 6) is -0.713. The van der Waals surface area contributed by atoms with E-state index < -0.39 is 17.7 Å². The highest BCUT2D eigenvalue weighted by molar-refractivity contribution is 7.23. The zero-order chi connectivity index (χ0) is 35.6. The number of halogens is 2. The molecule has 7 heterocycles. The minimum atomic E-state index is -0.696. The Hall–Kier alpha value is -4.27. The summed E-state index contributed by atoms with van der Waals surface area (Å²) in [4.78, 5) is 34.9. The number of nitrogen functional groups attached to an aromatic ring is 1. The van der Waals surface area contributed by atoms with E-state index in [-0.39, 0.29) is 81.2 Å². The summed E-state index contributed by atoms with van der Waals surface area (Å²) in [6.07, 6.45) is 2.38. The number of aliphatic hydroxyl groups excluding tert-OH is 1. The predicted molar refractivity (Wildman–Crippen MR) is 187 cm³/mol. The molecule has 51 heavy (non-hydrogen) atoms. The number of piperazine rings is 2. The summed E-state index contributed by atoms with van der Waals surface area (Å²) < 4.78 is 44.7. The molecule has 1 aromatic carbocycles. The second-order valence-electron chi connectivity index (χ2n) is 13.8. The van der Waals surface area contributed by atoms with Crippen LogP contribution >= 0.6 is 11.3 Å². The second kappa shape index (κ2) is 13.4. The first-order valence-corrected chi connectivity index (χ1v) is 18.2. The Bertz CT molecular complexity index is 2070. The van der Waals surface area contributed by atoms with Gasteiger partial charge in [0.1, 0.15) is 29.0 Å². The quantitative estimate of drug-likeness (QED) is 0.261. The van der Waals surface area contributed by atoms with Crippen molar-refractivity contribution in [3.63, 3.8) is 0 Å². The predicted octanol–water partition coefficient (Wildman–Crippen LogP) is 3.25. The lowest BCUT2D eigenvalue weighted by molar-refractivity contribution is -0.135. The number of aliphatic hydroxyl groups is 1. The average molecular weight is 720 g/mol. The van der Waals surface area contributed by atoms with Crippen molar-refractivity contribution >= 4 is 49.1 Å². The number of benzene rings is 1. The Balaban J connectivity index is 1.25. The minimum Gasteiger partial charge on any atom is -0.462 e. The Morgan fingerprint density at radius 2 is 1.92 bits per heavy atom. The highest BCUT2D eigenvalue weighted by Gasteiger charge is 2.43. The van der Waals surface area contributed by atoms with Crippen LogP contribution in [0.25, 0.3) is 32.2 Å². The summed E-state index contributed by atoms with van der Waals surface area (Å²) in [6, 6.07) is 2.20. The molecule has 0 spiro atoms. The number of carbonyl (C=O) groups excluding carboxylic acids is 1. The zero-order valence-corrected chi connectivity index (χ0v) is 29.3. The molecule has 3 saturated heterocycles. The van der Waals surface area contributed by atoms with Gasteiger partial charge in [0.25, 0.3) is 0 Å². The molecule has 0 aliphatic carbocycles. The Kier molecular flexibility index (Phi) is 8.87. The number of likely N-dealkylation sites (tertiary alicyclic amines) is 1. The fourth-order valence-electron chi connectivity index (χ4n) is 8.29. The maximum absolute atomic E-state index is 17.4. The topological polar surface area (TPSA) is 157 Å². The molecule has 3 fully saturated rings. The number of nitrogens with two attached hydrogens (primary N) is 1. The molecular formula is C35H39F2N9O4S. The van der Waals surface area contributed by atoms with Crippen LogP contribution in [0.15, 0.2) is 6.20 Å². The number of hydrogen-bond donors (Lipinski definition) is 2. The summed E-state index contributed by atoms with van der Waals surface area (Å²) in [7, 11) is 0. The Labute approximate surface area is 297 Å². The lowest BCUT2D eigenvalue weighted by Gasteiger charge is -2.42. The number of β-amino-alcohol motifs (C(OH)–C–C–N with tert-alkyl or cyclic N) is 1. The molecule has 0 radical (unpaired) electrons. The number of ether oxygens (including phenoxy) is 2. The van der Waals surface area contributed by atoms with Gasteiger partial charge < -0.3 is 30.1 Å². The van der Waals surface area contributed by atoms with Gasteiger partial charge in [0, 0.05) is 68.8 Å². The van der Waals surface area contributed by atoms with Crippen LogP contribution in [-0.2, 0) is 22.7 Å². The smallest absolute Gasteiger partial charge is 0.319 e. The third kappa shape index (κ3) is 5.81. The molecule has 8 rings (SSSR count). The number of carbonyl (C=O) groups is 1. The molecule has 4 aliphatic heterocycles. The number of thiophene rings is 1. The molecule has 1 amide bonds. The van der Waals surface area contributed by atoms with Crippen molar-refractivity contribution in [1.82, 2.24) is 29.7 Å². The van der Waals surface area contributed by atoms with Gasteiger partial charge in [0.15, 0.2) is 11.6 Å². The molecule has 268 valence electrons. The van der Waals surface area contributed by atoms with Gasteiger partial charge >= 0.3 is 6.01 Å². The number of nitrogens with zero attached hydrogens (tertiary/aromatic N) is 8. The van der Waals surface area contributed by atoms with E-state index in [4.69, 9.17) is 20.2 Å². The monoisotopic (exact) mass is 719 g/mol. The normalized spacial score (nSPS) is 21.5. The van der Waals surface area contributed by atoms with E-state index in [0.717, 1.165) is 30.4 Å². The Morgan fingerprint density at radius 3 is 2.63 bits per heavy atom. The van der Waals surface area contributed by atoms with E-state index in [0.29, 0.717) is 74.7 Å². The number of amides is 1. The van der Waals surface area contributed by atoms with Gasteiger partial charge in [-0.2, -0.15) is 15.2 Å². The lowest BCUT2D eigenvalue weighted by atomic mass is 9.93. The molecule has 3 atom stereocenters. The molecule has 3 N–H and O–H groups in total. The van der Waals surface area contributed by atoms with E-state index in [1.54, 1.807) is 6.92 Å². The average Bonchev–Trinajstić information content (AvgIpc) is 3.79. The minimum absolute atomic E-state index is 0.000231. The molecule has 0 saturated carbocycles. The summed E-state index contributed by atoms with van der Waals surface area (Å²) in [6.45, 7) is 8.96. The van der Waals surface area contributed by atoms with Gasteiger partial charge in [0.05, 0.1) is 53.4 Å². The van der Waals surface area contributed by atoms with Crippen LogP contribution < -0.4 is 15.4 Å². The lowest BCUT2D eigenvalue weighted by Crippen LogP contribution is -2.55. The summed E-state index contributed by atoms with van der Waals surface area (Å²) in [5.41, 5.74) is 7.64. The summed E-state index contributed by atoms with van der Waals surface area (Å²) >= 11 is 0.925. The van der Waals surface area contributed by atoms with Crippen molar-refractivity contribution in [2.75, 3.05) is 69.6 Å². The Morgan fingerprint density at radius 1 is 1.16 bits per heavy atom. The number of nitriles is 1. The van der Waals surface area contributed by atoms with Crippen LogP contribution in [0.4, 0.5) is 19.6 Å². The highest BCUT2D eigenvalue weighted by atomic mass is 32.1. The van der Waals surface area contributed by atoms with Crippen LogP contribution in [0, 0.1) is 23.0 Å². The van der Waals surface area contributed by atoms with Crippen LogP contribution in [0.2, 0.25) is 0 Å². The first-order chi connectivity index (χ1) is 24.7. The van der Waals surface area contributed by atoms with Gasteiger partial charge in [-0.15, -0.1) is 11.3 Å². The fraction of sp³-hybridized carbons (Fsp3) is 0.514. The van der Waals surface area contributed by atoms with Crippen molar-refractivity contribution in [2.24, 2.45) is 0 Å². The maximum atomic E-state index is 17.4. The van der Waals surface area contributed by atoms with Gasteiger partial charge in [-0.3, -0.25) is 19.6 Å². The van der Waals surface area contributed by atoms with Gasteiger partial charge in [-0.05, 0) is 37.8 Å². The van der Waals surface area contributed by atoms with Crippen LogP contribution in [-0.4, -0.2) is 118 Å². The zero-order valence-electron chi connectivity index (χ0n) is 28.5. The highest BCUT2D eigenvalue weighted by Crippen LogP contribution is 2.48. The second-order valence-corrected chi connectivity index (χ2v) is 14.8. The van der Waals surface area contributed by atoms with Gasteiger partial charge in [-0.1, -0.05) is 0 Å². The largest absolute Gasteiger partial charge is 0.462 e. The van der Waals surface area contributed by atoms with Crippen LogP contribution in [0.1, 0.15) is 43.4 Å². The number of aromatic nitrogens is 3. The first kappa shape index (κ1) is 33.9. The number of fused-ring (bicyclic) bond motifs is 6. The van der Waals surface area contributed by atoms with E-state index in [9.17, 15) is 15.2 Å². The standard InChI is InChI=1S/C35H39F2N9O4S/c1-3-45-7-6-43(15-25(45)48)8-9-50-35-41-31-28(34(42-35)46-19-4-5-20(46)14-44(13-19)12-18(2)47)23-17-49-16-22(23)26(29(31)37)30-27-21(10-38)33(39)51-32(27)24(36)11-40-30/h11,18-20,47H,3-9,12-17,39H2,1-2H3/t18-,19?,20?/m1/s1. The number of hydrogen-bond acceptors (Lipinski definition) is 13. The summed E-state index contributed by atoms with van der Waals surface area (Å²) in [5, 5.41) is 20.9.